The van der Waals surface area contributed by atoms with Crippen LogP contribution in [0.15, 0.2) is 36.4 Å². The molecule has 0 spiro atoms. The van der Waals surface area contributed by atoms with E-state index < -0.39 is 6.09 Å². The molecule has 0 saturated carbocycles. The Bertz CT molecular complexity index is 848. The molecule has 0 fully saturated rings. The van der Waals surface area contributed by atoms with Gasteiger partial charge in [0.2, 0.25) is 0 Å². The molecular formula is C20H23N3O3. The van der Waals surface area contributed by atoms with Crippen LogP contribution in [0.1, 0.15) is 35.3 Å². The van der Waals surface area contributed by atoms with Gasteiger partial charge in [0.05, 0.1) is 18.0 Å². The molecule has 6 nitrogen and oxygen atoms in total. The van der Waals surface area contributed by atoms with Crippen LogP contribution in [0.2, 0.25) is 0 Å². The number of anilines is 3. The third-order valence-corrected chi connectivity index (χ3v) is 4.47. The van der Waals surface area contributed by atoms with Crippen molar-refractivity contribution in [2.45, 2.75) is 26.7 Å². The number of hydrogen-bond donors (Lipinski definition) is 2. The SMILES string of the molecule is CCOC(=O)Nc1cc(C(C)=O)c2c(c1)N(NC)c1ccccc1CC2. The Morgan fingerprint density at radius 1 is 1.15 bits per heavy atom. The minimum absolute atomic E-state index is 0.0317. The van der Waals surface area contributed by atoms with Crippen molar-refractivity contribution in [3.8, 4) is 0 Å². The number of nitrogens with zero attached hydrogens (tertiary/aromatic N) is 1. The Hall–Kier alpha value is -2.86. The Balaban J connectivity index is 2.14. The zero-order valence-corrected chi connectivity index (χ0v) is 15.3. The number of hydrazine groups is 1. The highest BCUT2D eigenvalue weighted by atomic mass is 16.5. The molecule has 0 atom stereocenters. The summed E-state index contributed by atoms with van der Waals surface area (Å²) >= 11 is 0. The van der Waals surface area contributed by atoms with Gasteiger partial charge in [-0.3, -0.25) is 15.1 Å². The van der Waals surface area contributed by atoms with Gasteiger partial charge in [-0.2, -0.15) is 0 Å². The Kier molecular flexibility index (Phi) is 5.23. The highest BCUT2D eigenvalue weighted by Gasteiger charge is 2.24. The first-order valence-corrected chi connectivity index (χ1v) is 8.72. The summed E-state index contributed by atoms with van der Waals surface area (Å²) in [7, 11) is 1.84. The molecule has 3 rings (SSSR count). The first-order valence-electron chi connectivity index (χ1n) is 8.72. The number of carbonyl (C=O) groups excluding carboxylic acids is 2. The number of Topliss-reactive ketones (excluding diaryl/α,β-unsaturated/α-hetero) is 1. The van der Waals surface area contributed by atoms with E-state index in [4.69, 9.17) is 4.74 Å². The van der Waals surface area contributed by atoms with Gasteiger partial charge >= 0.3 is 6.09 Å². The van der Waals surface area contributed by atoms with Gasteiger partial charge in [0.15, 0.2) is 5.78 Å². The molecule has 1 aliphatic heterocycles. The lowest BCUT2D eigenvalue weighted by Gasteiger charge is -2.27. The summed E-state index contributed by atoms with van der Waals surface area (Å²) in [5.41, 5.74) is 8.42. The molecule has 0 unspecified atom stereocenters. The summed E-state index contributed by atoms with van der Waals surface area (Å²) in [5.74, 6) is -0.0317. The highest BCUT2D eigenvalue weighted by Crippen LogP contribution is 2.38. The predicted molar refractivity (Wildman–Crippen MR) is 102 cm³/mol. The van der Waals surface area contributed by atoms with Crippen LogP contribution in [0.3, 0.4) is 0 Å². The maximum Gasteiger partial charge on any atom is 0.411 e. The van der Waals surface area contributed by atoms with E-state index >= 15 is 0 Å². The van der Waals surface area contributed by atoms with Crippen molar-refractivity contribution in [1.82, 2.24) is 5.43 Å². The largest absolute Gasteiger partial charge is 0.450 e. The van der Waals surface area contributed by atoms with Gasteiger partial charge in [0.25, 0.3) is 0 Å². The average molecular weight is 353 g/mol. The number of ketones is 1. The van der Waals surface area contributed by atoms with Crippen LogP contribution < -0.4 is 15.8 Å². The fraction of sp³-hybridized carbons (Fsp3) is 0.300. The second-order valence-corrected chi connectivity index (χ2v) is 6.11. The monoisotopic (exact) mass is 353 g/mol. The number of para-hydroxylation sites is 1. The van der Waals surface area contributed by atoms with Gasteiger partial charge in [-0.15, -0.1) is 0 Å². The molecule has 26 heavy (non-hydrogen) atoms. The van der Waals surface area contributed by atoms with Crippen LogP contribution in [-0.4, -0.2) is 25.5 Å². The molecule has 0 aliphatic carbocycles. The summed E-state index contributed by atoms with van der Waals surface area (Å²) in [6.45, 7) is 3.58. The van der Waals surface area contributed by atoms with Crippen LogP contribution in [0.5, 0.6) is 0 Å². The van der Waals surface area contributed by atoms with Gasteiger partial charge < -0.3 is 4.74 Å². The van der Waals surface area contributed by atoms with Gasteiger partial charge in [-0.1, -0.05) is 18.2 Å². The standard InChI is InChI=1S/C20H23N3O3/c1-4-26-20(25)22-15-11-17(13(2)24)16-10-9-14-7-5-6-8-18(14)23(21-3)19(16)12-15/h5-8,11-12,21H,4,9-10H2,1-3H3,(H,22,25). The zero-order valence-electron chi connectivity index (χ0n) is 15.3. The summed E-state index contributed by atoms with van der Waals surface area (Å²) < 4.78 is 4.96. The summed E-state index contributed by atoms with van der Waals surface area (Å²) in [6.07, 6.45) is 1.05. The maximum absolute atomic E-state index is 12.3. The van der Waals surface area contributed by atoms with Crippen molar-refractivity contribution >= 4 is 28.9 Å². The van der Waals surface area contributed by atoms with Crippen LogP contribution in [0.4, 0.5) is 21.9 Å². The summed E-state index contributed by atoms with van der Waals surface area (Å²) in [6, 6.07) is 11.7. The summed E-state index contributed by atoms with van der Waals surface area (Å²) in [5, 5.41) is 4.67. The van der Waals surface area contributed by atoms with Gasteiger partial charge in [-0.05, 0) is 56.0 Å². The number of benzene rings is 2. The quantitative estimate of drug-likeness (QED) is 0.818. The van der Waals surface area contributed by atoms with Crippen LogP contribution in [0.25, 0.3) is 0 Å². The second-order valence-electron chi connectivity index (χ2n) is 6.11. The molecule has 2 aromatic carbocycles. The second kappa shape index (κ2) is 7.58. The molecule has 0 aromatic heterocycles. The number of ether oxygens (including phenoxy) is 1. The minimum Gasteiger partial charge on any atom is -0.450 e. The van der Waals surface area contributed by atoms with Gasteiger partial charge in [0, 0.05) is 18.3 Å². The van der Waals surface area contributed by atoms with Gasteiger partial charge in [-0.25, -0.2) is 10.2 Å². The van der Waals surface area contributed by atoms with E-state index in [1.807, 2.05) is 36.3 Å². The molecule has 6 heteroatoms. The molecule has 2 N–H and O–H groups in total. The van der Waals surface area contributed by atoms with E-state index in [0.717, 1.165) is 29.8 Å². The van der Waals surface area contributed by atoms with Crippen LogP contribution in [0, 0.1) is 0 Å². The van der Waals surface area contributed by atoms with Crippen molar-refractivity contribution in [2.75, 3.05) is 24.0 Å². The predicted octanol–water partition coefficient (Wildman–Crippen LogP) is 3.83. The topological polar surface area (TPSA) is 70.7 Å². The number of hydrogen-bond acceptors (Lipinski definition) is 5. The van der Waals surface area contributed by atoms with E-state index in [2.05, 4.69) is 16.8 Å². The van der Waals surface area contributed by atoms with E-state index in [1.165, 1.54) is 5.56 Å². The summed E-state index contributed by atoms with van der Waals surface area (Å²) in [4.78, 5) is 24.1. The smallest absolute Gasteiger partial charge is 0.411 e. The molecule has 0 saturated heterocycles. The van der Waals surface area contributed by atoms with E-state index in [-0.39, 0.29) is 12.4 Å². The van der Waals surface area contributed by atoms with Crippen molar-refractivity contribution < 1.29 is 14.3 Å². The van der Waals surface area contributed by atoms with Crippen molar-refractivity contribution in [1.29, 1.82) is 0 Å². The van der Waals surface area contributed by atoms with Crippen molar-refractivity contribution in [3.63, 3.8) is 0 Å². The minimum atomic E-state index is -0.535. The lowest BCUT2D eigenvalue weighted by Crippen LogP contribution is -2.31. The third-order valence-electron chi connectivity index (χ3n) is 4.47. The lowest BCUT2D eigenvalue weighted by molar-refractivity contribution is 0.101. The Labute approximate surface area is 153 Å². The molecular weight excluding hydrogens is 330 g/mol. The van der Waals surface area contributed by atoms with E-state index in [1.54, 1.807) is 19.9 Å². The first kappa shape index (κ1) is 17.9. The highest BCUT2D eigenvalue weighted by molar-refractivity contribution is 6.00. The third kappa shape index (κ3) is 3.41. The normalized spacial score (nSPS) is 12.7. The molecule has 136 valence electrons. The van der Waals surface area contributed by atoms with Crippen molar-refractivity contribution in [3.05, 3.63) is 53.1 Å². The van der Waals surface area contributed by atoms with Crippen LogP contribution >= 0.6 is 0 Å². The molecule has 0 radical (unpaired) electrons. The fourth-order valence-corrected chi connectivity index (χ4v) is 3.36. The lowest BCUT2D eigenvalue weighted by atomic mass is 9.96. The average Bonchev–Trinajstić information content (AvgIpc) is 2.77. The Morgan fingerprint density at radius 2 is 1.92 bits per heavy atom. The number of fused-ring (bicyclic) bond motifs is 2. The fourth-order valence-electron chi connectivity index (χ4n) is 3.36. The number of nitrogens with one attached hydrogen (secondary N) is 2. The van der Waals surface area contributed by atoms with E-state index in [9.17, 15) is 9.59 Å². The van der Waals surface area contributed by atoms with E-state index in [0.29, 0.717) is 11.3 Å². The molecule has 1 aliphatic rings. The molecule has 2 aromatic rings. The zero-order chi connectivity index (χ0) is 18.7. The first-order chi connectivity index (χ1) is 12.5. The Morgan fingerprint density at radius 3 is 2.62 bits per heavy atom. The number of amides is 1. The molecule has 1 heterocycles. The number of aryl methyl sites for hydroxylation is 1. The van der Waals surface area contributed by atoms with Gasteiger partial charge in [0.1, 0.15) is 0 Å². The number of rotatable bonds is 4. The number of carbonyl (C=O) groups is 2. The maximum atomic E-state index is 12.3. The van der Waals surface area contributed by atoms with Crippen LogP contribution in [-0.2, 0) is 17.6 Å². The molecule has 1 amide bonds. The van der Waals surface area contributed by atoms with Crippen molar-refractivity contribution in [2.24, 2.45) is 0 Å². The molecule has 0 bridgehead atoms.